The summed E-state index contributed by atoms with van der Waals surface area (Å²) in [4.78, 5) is 14.7. The SMILES string of the molecule is CCOc1ccc(C2NC3(CC3)C(=O)N2CC2CC2)cc1. The molecule has 1 heterocycles. The van der Waals surface area contributed by atoms with Gasteiger partial charge in [-0.2, -0.15) is 0 Å². The van der Waals surface area contributed by atoms with Crippen molar-refractivity contribution in [3.8, 4) is 5.75 Å². The van der Waals surface area contributed by atoms with Crippen LogP contribution in [0.3, 0.4) is 0 Å². The summed E-state index contributed by atoms with van der Waals surface area (Å²) in [5.41, 5.74) is 0.925. The highest BCUT2D eigenvalue weighted by atomic mass is 16.5. The first-order valence-electron chi connectivity index (χ1n) is 8.03. The molecule has 4 nitrogen and oxygen atoms in total. The maximum Gasteiger partial charge on any atom is 0.244 e. The minimum absolute atomic E-state index is 0.0382. The molecule has 1 unspecified atom stereocenters. The molecule has 1 aliphatic heterocycles. The third-order valence-electron chi connectivity index (χ3n) is 4.80. The Morgan fingerprint density at radius 1 is 1.29 bits per heavy atom. The maximum atomic E-state index is 12.6. The van der Waals surface area contributed by atoms with Gasteiger partial charge in [-0.3, -0.25) is 10.1 Å². The number of hydrogen-bond acceptors (Lipinski definition) is 3. The summed E-state index contributed by atoms with van der Waals surface area (Å²) >= 11 is 0. The molecule has 1 aromatic rings. The van der Waals surface area contributed by atoms with Crippen LogP contribution >= 0.6 is 0 Å². The molecule has 1 aromatic carbocycles. The minimum Gasteiger partial charge on any atom is -0.494 e. The standard InChI is InChI=1S/C17H22N2O2/c1-2-21-14-7-5-13(6-8-14)15-18-17(9-10-17)16(20)19(15)11-12-3-4-12/h5-8,12,15,18H,2-4,9-11H2,1H3. The maximum absolute atomic E-state index is 12.6. The van der Waals surface area contributed by atoms with Gasteiger partial charge in [-0.1, -0.05) is 12.1 Å². The summed E-state index contributed by atoms with van der Waals surface area (Å²) < 4.78 is 5.50. The van der Waals surface area contributed by atoms with E-state index in [9.17, 15) is 4.79 Å². The number of nitrogens with zero attached hydrogens (tertiary/aromatic N) is 1. The summed E-state index contributed by atoms with van der Waals surface area (Å²) in [5, 5.41) is 3.58. The van der Waals surface area contributed by atoms with Gasteiger partial charge in [0.25, 0.3) is 0 Å². The fourth-order valence-electron chi connectivity index (χ4n) is 3.22. The molecule has 4 heteroatoms. The zero-order valence-electron chi connectivity index (χ0n) is 12.5. The van der Waals surface area contributed by atoms with E-state index in [1.807, 2.05) is 19.1 Å². The first kappa shape index (κ1) is 13.1. The highest BCUT2D eigenvalue weighted by Crippen LogP contribution is 2.47. The average Bonchev–Trinajstić information content (AvgIpc) is 3.39. The Labute approximate surface area is 125 Å². The highest BCUT2D eigenvalue weighted by molar-refractivity contribution is 5.92. The molecule has 1 N–H and O–H groups in total. The van der Waals surface area contributed by atoms with E-state index in [0.717, 1.165) is 36.6 Å². The second kappa shape index (κ2) is 4.73. The average molecular weight is 286 g/mol. The Kier molecular flexibility index (Phi) is 2.96. The second-order valence-corrected chi connectivity index (χ2v) is 6.53. The van der Waals surface area contributed by atoms with E-state index in [4.69, 9.17) is 4.74 Å². The van der Waals surface area contributed by atoms with Crippen LogP contribution in [0.15, 0.2) is 24.3 Å². The summed E-state index contributed by atoms with van der Waals surface area (Å²) in [6.45, 7) is 3.57. The number of ether oxygens (including phenoxy) is 1. The summed E-state index contributed by atoms with van der Waals surface area (Å²) in [6, 6.07) is 8.16. The van der Waals surface area contributed by atoms with Gasteiger partial charge in [-0.05, 0) is 56.2 Å². The molecular weight excluding hydrogens is 264 g/mol. The number of carbonyl (C=O) groups excluding carboxylic acids is 1. The number of amides is 1. The summed E-state index contributed by atoms with van der Waals surface area (Å²) in [7, 11) is 0. The Hall–Kier alpha value is -1.55. The molecule has 112 valence electrons. The van der Waals surface area contributed by atoms with Crippen LogP contribution in [0, 0.1) is 5.92 Å². The number of nitrogens with one attached hydrogen (secondary N) is 1. The van der Waals surface area contributed by atoms with Crippen molar-refractivity contribution in [3.05, 3.63) is 29.8 Å². The smallest absolute Gasteiger partial charge is 0.244 e. The molecule has 3 aliphatic rings. The minimum atomic E-state index is -0.238. The molecule has 0 radical (unpaired) electrons. The molecule has 3 fully saturated rings. The van der Waals surface area contributed by atoms with Crippen molar-refractivity contribution >= 4 is 5.91 Å². The number of hydrogen-bond donors (Lipinski definition) is 1. The zero-order chi connectivity index (χ0) is 14.4. The van der Waals surface area contributed by atoms with E-state index in [1.165, 1.54) is 12.8 Å². The molecule has 21 heavy (non-hydrogen) atoms. The van der Waals surface area contributed by atoms with Crippen molar-refractivity contribution in [1.82, 2.24) is 10.2 Å². The van der Waals surface area contributed by atoms with Crippen LogP contribution < -0.4 is 10.1 Å². The molecule has 0 bridgehead atoms. The van der Waals surface area contributed by atoms with Gasteiger partial charge in [-0.25, -0.2) is 0 Å². The van der Waals surface area contributed by atoms with Crippen LogP contribution in [0.25, 0.3) is 0 Å². The van der Waals surface area contributed by atoms with E-state index in [-0.39, 0.29) is 11.7 Å². The quantitative estimate of drug-likeness (QED) is 0.904. The number of carbonyl (C=O) groups is 1. The molecule has 2 aliphatic carbocycles. The molecule has 1 saturated heterocycles. The monoisotopic (exact) mass is 286 g/mol. The highest BCUT2D eigenvalue weighted by Gasteiger charge is 2.59. The van der Waals surface area contributed by atoms with E-state index >= 15 is 0 Å². The number of rotatable bonds is 5. The molecule has 2 saturated carbocycles. The third kappa shape index (κ3) is 2.31. The van der Waals surface area contributed by atoms with Crippen LogP contribution in [0.2, 0.25) is 0 Å². The molecule has 1 amide bonds. The van der Waals surface area contributed by atoms with E-state index in [2.05, 4.69) is 22.3 Å². The topological polar surface area (TPSA) is 41.6 Å². The second-order valence-electron chi connectivity index (χ2n) is 6.53. The van der Waals surface area contributed by atoms with Crippen molar-refractivity contribution in [2.75, 3.05) is 13.2 Å². The van der Waals surface area contributed by atoms with Gasteiger partial charge >= 0.3 is 0 Å². The number of benzene rings is 1. The predicted octanol–water partition coefficient (Wildman–Crippen LogP) is 2.46. The third-order valence-corrected chi connectivity index (χ3v) is 4.80. The van der Waals surface area contributed by atoms with E-state index < -0.39 is 0 Å². The van der Waals surface area contributed by atoms with Gasteiger partial charge in [0, 0.05) is 6.54 Å². The van der Waals surface area contributed by atoms with Crippen LogP contribution in [0.1, 0.15) is 44.3 Å². The van der Waals surface area contributed by atoms with Crippen molar-refractivity contribution in [2.24, 2.45) is 5.92 Å². The fourth-order valence-corrected chi connectivity index (χ4v) is 3.22. The van der Waals surface area contributed by atoms with Crippen molar-refractivity contribution in [1.29, 1.82) is 0 Å². The van der Waals surface area contributed by atoms with E-state index in [0.29, 0.717) is 12.5 Å². The Balaban J connectivity index is 1.57. The van der Waals surface area contributed by atoms with Gasteiger partial charge in [0.2, 0.25) is 5.91 Å². The van der Waals surface area contributed by atoms with E-state index in [1.54, 1.807) is 0 Å². The first-order chi connectivity index (χ1) is 10.2. The lowest BCUT2D eigenvalue weighted by atomic mass is 10.1. The molecule has 1 spiro atoms. The lowest BCUT2D eigenvalue weighted by Gasteiger charge is -2.24. The predicted molar refractivity (Wildman–Crippen MR) is 79.9 cm³/mol. The molecule has 0 aromatic heterocycles. The fraction of sp³-hybridized carbons (Fsp3) is 0.588. The zero-order valence-corrected chi connectivity index (χ0v) is 12.5. The van der Waals surface area contributed by atoms with Gasteiger partial charge in [0.15, 0.2) is 0 Å². The van der Waals surface area contributed by atoms with Crippen LogP contribution in [0.4, 0.5) is 0 Å². The lowest BCUT2D eigenvalue weighted by molar-refractivity contribution is -0.131. The first-order valence-corrected chi connectivity index (χ1v) is 8.03. The van der Waals surface area contributed by atoms with Gasteiger partial charge in [0.1, 0.15) is 17.5 Å². The van der Waals surface area contributed by atoms with Gasteiger partial charge in [0.05, 0.1) is 6.61 Å². The summed E-state index contributed by atoms with van der Waals surface area (Å²) in [6.07, 6.45) is 4.55. The van der Waals surface area contributed by atoms with Crippen LogP contribution in [-0.2, 0) is 4.79 Å². The summed E-state index contributed by atoms with van der Waals surface area (Å²) in [5.74, 6) is 1.92. The Bertz CT molecular complexity index is 546. The Morgan fingerprint density at radius 2 is 2.00 bits per heavy atom. The van der Waals surface area contributed by atoms with Crippen molar-refractivity contribution in [2.45, 2.75) is 44.3 Å². The van der Waals surface area contributed by atoms with Gasteiger partial charge < -0.3 is 9.64 Å². The molecular formula is C17H22N2O2. The largest absolute Gasteiger partial charge is 0.494 e. The normalized spacial score (nSPS) is 26.4. The van der Waals surface area contributed by atoms with Crippen LogP contribution in [-0.4, -0.2) is 29.5 Å². The van der Waals surface area contributed by atoms with Crippen molar-refractivity contribution < 1.29 is 9.53 Å². The van der Waals surface area contributed by atoms with Crippen LogP contribution in [0.5, 0.6) is 5.75 Å². The molecule has 1 atom stereocenters. The lowest BCUT2D eigenvalue weighted by Crippen LogP contribution is -2.33. The van der Waals surface area contributed by atoms with Crippen molar-refractivity contribution in [3.63, 3.8) is 0 Å². The molecule has 4 rings (SSSR count). The van der Waals surface area contributed by atoms with Gasteiger partial charge in [-0.15, -0.1) is 0 Å². The Morgan fingerprint density at radius 3 is 2.57 bits per heavy atom.